The van der Waals surface area contributed by atoms with Crippen LogP contribution in [0.2, 0.25) is 0 Å². The minimum absolute atomic E-state index is 0.00690. The summed E-state index contributed by atoms with van der Waals surface area (Å²) in [6, 6.07) is 7.56. The van der Waals surface area contributed by atoms with E-state index in [1.807, 2.05) is 24.3 Å². The molecular formula is C12H20NO7P2S+. The Balaban J connectivity index is 2.38. The van der Waals surface area contributed by atoms with Gasteiger partial charge in [-0.25, -0.2) is 9.56 Å². The van der Waals surface area contributed by atoms with Crippen LogP contribution in [0.15, 0.2) is 34.2 Å². The van der Waals surface area contributed by atoms with Gasteiger partial charge in [0.25, 0.3) is 0 Å². The summed E-state index contributed by atoms with van der Waals surface area (Å²) in [5.74, 6) is 1.54. The molecule has 0 aliphatic heterocycles. The zero-order chi connectivity index (χ0) is 17.5. The van der Waals surface area contributed by atoms with Crippen LogP contribution in [0.25, 0.3) is 0 Å². The minimum atomic E-state index is -4.98. The van der Waals surface area contributed by atoms with Gasteiger partial charge in [-0.05, 0) is 42.9 Å². The molecule has 0 unspecified atom stereocenters. The number of hydrogen-bond donors (Lipinski definition) is 5. The summed E-state index contributed by atoms with van der Waals surface area (Å²) in [6.45, 7) is -0.00690. The lowest BCUT2D eigenvalue weighted by atomic mass is 10.3. The molecule has 0 radical (unpaired) electrons. The molecule has 0 fully saturated rings. The Morgan fingerprint density at radius 1 is 1.22 bits per heavy atom. The number of methoxy groups -OCH3 is 1. The van der Waals surface area contributed by atoms with Crippen molar-refractivity contribution in [3.63, 3.8) is 0 Å². The molecule has 0 aromatic heterocycles. The highest BCUT2D eigenvalue weighted by molar-refractivity contribution is 8.00. The summed E-state index contributed by atoms with van der Waals surface area (Å²) >= 11 is 1.61. The Kier molecular flexibility index (Phi) is 8.13. The number of unbranched alkanes of at least 4 members (excludes halogenated alkanes) is 1. The average molecular weight is 384 g/mol. The third-order valence-corrected chi connectivity index (χ3v) is 6.69. The summed E-state index contributed by atoms with van der Waals surface area (Å²) in [7, 11) is -8.17. The van der Waals surface area contributed by atoms with Crippen molar-refractivity contribution in [3.05, 3.63) is 24.3 Å². The molecule has 0 bridgehead atoms. The maximum Gasteiger partial charge on any atom is 0.469 e. The molecule has 0 saturated heterocycles. The predicted molar refractivity (Wildman–Crippen MR) is 90.9 cm³/mol. The van der Waals surface area contributed by atoms with Crippen LogP contribution >= 0.6 is 27.3 Å². The number of benzene rings is 1. The maximum absolute atomic E-state index is 11.0. The van der Waals surface area contributed by atoms with Crippen LogP contribution in [0, 0.1) is 0 Å². The first-order chi connectivity index (χ1) is 10.6. The van der Waals surface area contributed by atoms with Crippen molar-refractivity contribution in [2.45, 2.75) is 17.7 Å². The SMILES string of the molecule is COc1ccc(SCCCCN=C(P(=O)(O)O)[P+](O)(O)O)cc1. The van der Waals surface area contributed by atoms with Crippen molar-refractivity contribution >= 4 is 32.5 Å². The highest BCUT2D eigenvalue weighted by Gasteiger charge is 2.51. The van der Waals surface area contributed by atoms with E-state index < -0.39 is 20.7 Å². The smallest absolute Gasteiger partial charge is 0.469 e. The van der Waals surface area contributed by atoms with Crippen LogP contribution in [0.4, 0.5) is 0 Å². The molecule has 0 aliphatic rings. The second-order valence-electron chi connectivity index (χ2n) is 4.53. The van der Waals surface area contributed by atoms with Gasteiger partial charge in [-0.3, -0.25) is 0 Å². The molecule has 0 amide bonds. The van der Waals surface area contributed by atoms with Gasteiger partial charge in [-0.15, -0.1) is 11.8 Å². The molecule has 1 aromatic rings. The number of nitrogens with zero attached hydrogens (tertiary/aromatic N) is 1. The van der Waals surface area contributed by atoms with Crippen molar-refractivity contribution in [1.82, 2.24) is 0 Å². The average Bonchev–Trinajstić information content (AvgIpc) is 2.44. The van der Waals surface area contributed by atoms with Crippen molar-refractivity contribution in [1.29, 1.82) is 0 Å². The summed E-state index contributed by atoms with van der Waals surface area (Å²) in [5.41, 5.74) is 0. The summed E-state index contributed by atoms with van der Waals surface area (Å²) < 4.78 is 16.1. The first-order valence-corrected chi connectivity index (χ1v) is 10.8. The molecule has 130 valence electrons. The Labute approximate surface area is 139 Å². The van der Waals surface area contributed by atoms with Crippen LogP contribution in [0.5, 0.6) is 5.75 Å². The third-order valence-electron chi connectivity index (χ3n) is 2.66. The number of thioether (sulfide) groups is 1. The number of ether oxygens (including phenoxy) is 1. The van der Waals surface area contributed by atoms with Crippen molar-refractivity contribution in [2.24, 2.45) is 4.99 Å². The molecule has 0 aliphatic carbocycles. The number of hydrogen-bond acceptors (Lipinski definition) is 7. The highest BCUT2D eigenvalue weighted by Crippen LogP contribution is 2.60. The molecule has 1 rings (SSSR count). The topological polar surface area (TPSA) is 140 Å². The molecular weight excluding hydrogens is 364 g/mol. The lowest BCUT2D eigenvalue weighted by Crippen LogP contribution is -2.07. The van der Waals surface area contributed by atoms with E-state index >= 15 is 0 Å². The molecule has 0 spiro atoms. The van der Waals surface area contributed by atoms with E-state index in [0.717, 1.165) is 16.4 Å². The standard InChI is InChI=1S/C12H19NO7P2S/c1-20-10-4-6-11(7-5-10)23-9-3-2-8-13-12(21(14,15)16)22(17,18)19/h4-7,14-16H,2-3,8-9H2,1H3,(H-,17,18,19)/p+1. The molecule has 1 aromatic carbocycles. The lowest BCUT2D eigenvalue weighted by molar-refractivity contribution is 0.348. The van der Waals surface area contributed by atoms with E-state index in [9.17, 15) is 4.57 Å². The van der Waals surface area contributed by atoms with Gasteiger partial charge in [-0.1, -0.05) is 0 Å². The van der Waals surface area contributed by atoms with E-state index in [-0.39, 0.29) is 6.54 Å². The molecule has 5 N–H and O–H groups in total. The predicted octanol–water partition coefficient (Wildman–Crippen LogP) is 1.84. The van der Waals surface area contributed by atoms with Crippen LogP contribution in [0.1, 0.15) is 12.8 Å². The Morgan fingerprint density at radius 3 is 2.30 bits per heavy atom. The Hall–Kier alpha value is -0.500. The maximum atomic E-state index is 11.0. The van der Waals surface area contributed by atoms with Crippen LogP contribution in [-0.4, -0.2) is 49.1 Å². The zero-order valence-electron chi connectivity index (χ0n) is 12.4. The fourth-order valence-electron chi connectivity index (χ4n) is 1.62. The molecule has 23 heavy (non-hydrogen) atoms. The van der Waals surface area contributed by atoms with E-state index in [1.54, 1.807) is 18.9 Å². The fourth-order valence-corrected chi connectivity index (χ4v) is 4.50. The molecule has 0 saturated carbocycles. The van der Waals surface area contributed by atoms with E-state index in [0.29, 0.717) is 12.8 Å². The zero-order valence-corrected chi connectivity index (χ0v) is 15.0. The minimum Gasteiger partial charge on any atom is -0.497 e. The van der Waals surface area contributed by atoms with Crippen LogP contribution in [0.3, 0.4) is 0 Å². The van der Waals surface area contributed by atoms with E-state index in [1.165, 1.54) is 0 Å². The van der Waals surface area contributed by atoms with Gasteiger partial charge < -0.3 is 14.5 Å². The van der Waals surface area contributed by atoms with E-state index in [4.69, 9.17) is 29.2 Å². The van der Waals surface area contributed by atoms with Gasteiger partial charge >= 0.3 is 20.7 Å². The van der Waals surface area contributed by atoms with Gasteiger partial charge in [0.2, 0.25) is 0 Å². The van der Waals surface area contributed by atoms with Crippen molar-refractivity contribution in [3.8, 4) is 5.75 Å². The van der Waals surface area contributed by atoms with Crippen LogP contribution in [-0.2, 0) is 4.57 Å². The van der Waals surface area contributed by atoms with Gasteiger partial charge in [-0.2, -0.15) is 14.7 Å². The highest BCUT2D eigenvalue weighted by atomic mass is 32.2. The molecule has 0 atom stereocenters. The fraction of sp³-hybridized carbons (Fsp3) is 0.417. The quantitative estimate of drug-likeness (QED) is 0.188. The largest absolute Gasteiger partial charge is 0.497 e. The monoisotopic (exact) mass is 384 g/mol. The normalized spacial score (nSPS) is 13.2. The van der Waals surface area contributed by atoms with Gasteiger partial charge in [0.15, 0.2) is 0 Å². The third kappa shape index (κ3) is 7.74. The second kappa shape index (κ2) is 9.11. The summed E-state index contributed by atoms with van der Waals surface area (Å²) in [6.07, 6.45) is 1.20. The molecule has 0 heterocycles. The lowest BCUT2D eigenvalue weighted by Gasteiger charge is -2.08. The summed E-state index contributed by atoms with van der Waals surface area (Å²) in [4.78, 5) is 49.3. The Bertz CT molecular complexity index is 568. The van der Waals surface area contributed by atoms with Gasteiger partial charge in [0, 0.05) is 11.4 Å². The Morgan fingerprint density at radius 2 is 1.83 bits per heavy atom. The van der Waals surface area contributed by atoms with Crippen molar-refractivity contribution < 1.29 is 33.8 Å². The van der Waals surface area contributed by atoms with E-state index in [2.05, 4.69) is 4.99 Å². The molecule has 8 nitrogen and oxygen atoms in total. The van der Waals surface area contributed by atoms with Gasteiger partial charge in [0.1, 0.15) is 5.75 Å². The van der Waals surface area contributed by atoms with Crippen LogP contribution < -0.4 is 4.74 Å². The summed E-state index contributed by atoms with van der Waals surface area (Å²) in [5, 5.41) is -1.23. The second-order valence-corrected chi connectivity index (χ2v) is 9.12. The first-order valence-electron chi connectivity index (χ1n) is 6.60. The first kappa shape index (κ1) is 20.5. The van der Waals surface area contributed by atoms with Gasteiger partial charge in [0.05, 0.1) is 7.11 Å². The van der Waals surface area contributed by atoms with Crippen molar-refractivity contribution in [2.75, 3.05) is 19.4 Å². The molecule has 11 heteroatoms. The number of aliphatic imine (C=N–C) groups is 1. The number of rotatable bonds is 9.